The Labute approximate surface area is 103 Å². The number of nitrogen functional groups attached to an aromatic ring is 1. The van der Waals surface area contributed by atoms with Crippen molar-refractivity contribution in [1.82, 2.24) is 15.0 Å². The number of nitrogens with zero attached hydrogens (tertiary/aromatic N) is 3. The Balaban J connectivity index is 1.97. The SMILES string of the molecule is COc1ccc(CSc2ncnc(N)n2)cc1. The van der Waals surface area contributed by atoms with Crippen molar-refractivity contribution in [2.45, 2.75) is 10.9 Å². The van der Waals surface area contributed by atoms with Gasteiger partial charge in [0.05, 0.1) is 7.11 Å². The fourth-order valence-electron chi connectivity index (χ4n) is 1.23. The fraction of sp³-hybridized carbons (Fsp3) is 0.182. The molecule has 0 aliphatic carbocycles. The Hall–Kier alpha value is -1.82. The molecule has 0 aliphatic heterocycles. The Bertz CT molecular complexity index is 489. The van der Waals surface area contributed by atoms with Gasteiger partial charge in [0.2, 0.25) is 5.95 Å². The van der Waals surface area contributed by atoms with Crippen molar-refractivity contribution in [3.8, 4) is 5.75 Å². The minimum absolute atomic E-state index is 0.247. The van der Waals surface area contributed by atoms with Gasteiger partial charge in [-0.3, -0.25) is 0 Å². The Kier molecular flexibility index (Phi) is 3.77. The molecule has 6 heteroatoms. The number of hydrogen-bond donors (Lipinski definition) is 1. The number of ether oxygens (including phenoxy) is 1. The molecule has 2 N–H and O–H groups in total. The summed E-state index contributed by atoms with van der Waals surface area (Å²) in [5.41, 5.74) is 6.65. The van der Waals surface area contributed by atoms with Crippen LogP contribution in [-0.2, 0) is 5.75 Å². The van der Waals surface area contributed by atoms with Gasteiger partial charge in [0.15, 0.2) is 5.16 Å². The maximum absolute atomic E-state index is 5.47. The highest BCUT2D eigenvalue weighted by atomic mass is 32.2. The smallest absolute Gasteiger partial charge is 0.223 e. The van der Waals surface area contributed by atoms with E-state index in [0.29, 0.717) is 5.16 Å². The van der Waals surface area contributed by atoms with E-state index < -0.39 is 0 Å². The zero-order valence-corrected chi connectivity index (χ0v) is 10.1. The van der Waals surface area contributed by atoms with Crippen LogP contribution in [0.15, 0.2) is 35.7 Å². The number of rotatable bonds is 4. The molecule has 1 aromatic heterocycles. The summed E-state index contributed by atoms with van der Waals surface area (Å²) >= 11 is 1.52. The van der Waals surface area contributed by atoms with Crippen molar-refractivity contribution >= 4 is 17.7 Å². The first-order valence-electron chi connectivity index (χ1n) is 4.98. The van der Waals surface area contributed by atoms with Gasteiger partial charge in [-0.15, -0.1) is 0 Å². The van der Waals surface area contributed by atoms with Crippen LogP contribution in [0.1, 0.15) is 5.56 Å². The Morgan fingerprint density at radius 2 is 2.00 bits per heavy atom. The van der Waals surface area contributed by atoms with Gasteiger partial charge in [0, 0.05) is 5.75 Å². The monoisotopic (exact) mass is 248 g/mol. The molecular formula is C11H12N4OS. The van der Waals surface area contributed by atoms with Crippen LogP contribution in [0.25, 0.3) is 0 Å². The zero-order chi connectivity index (χ0) is 12.1. The van der Waals surface area contributed by atoms with Crippen LogP contribution in [0.4, 0.5) is 5.95 Å². The van der Waals surface area contributed by atoms with E-state index in [0.717, 1.165) is 11.5 Å². The summed E-state index contributed by atoms with van der Waals surface area (Å²) in [6, 6.07) is 7.88. The highest BCUT2D eigenvalue weighted by Gasteiger charge is 2.00. The highest BCUT2D eigenvalue weighted by Crippen LogP contribution is 2.20. The minimum atomic E-state index is 0.247. The lowest BCUT2D eigenvalue weighted by atomic mass is 10.2. The zero-order valence-electron chi connectivity index (χ0n) is 9.33. The molecule has 0 amide bonds. The molecule has 1 heterocycles. The first kappa shape index (κ1) is 11.7. The Morgan fingerprint density at radius 3 is 2.65 bits per heavy atom. The molecule has 0 spiro atoms. The van der Waals surface area contributed by atoms with E-state index in [-0.39, 0.29) is 5.95 Å². The van der Waals surface area contributed by atoms with E-state index in [1.165, 1.54) is 23.7 Å². The van der Waals surface area contributed by atoms with E-state index in [1.54, 1.807) is 7.11 Å². The van der Waals surface area contributed by atoms with Crippen LogP contribution in [0.5, 0.6) is 5.75 Å². The van der Waals surface area contributed by atoms with Gasteiger partial charge in [0.25, 0.3) is 0 Å². The van der Waals surface area contributed by atoms with Gasteiger partial charge in [-0.2, -0.15) is 4.98 Å². The Morgan fingerprint density at radius 1 is 1.24 bits per heavy atom. The normalized spacial score (nSPS) is 10.2. The maximum Gasteiger partial charge on any atom is 0.223 e. The summed E-state index contributed by atoms with van der Waals surface area (Å²) in [6.07, 6.45) is 1.42. The largest absolute Gasteiger partial charge is 0.497 e. The molecular weight excluding hydrogens is 236 g/mol. The van der Waals surface area contributed by atoms with Crippen molar-refractivity contribution in [2.75, 3.05) is 12.8 Å². The second-order valence-electron chi connectivity index (χ2n) is 3.26. The van der Waals surface area contributed by atoms with Crippen molar-refractivity contribution in [1.29, 1.82) is 0 Å². The van der Waals surface area contributed by atoms with Gasteiger partial charge in [0.1, 0.15) is 12.1 Å². The number of methoxy groups -OCH3 is 1. The van der Waals surface area contributed by atoms with Crippen LogP contribution in [0.2, 0.25) is 0 Å². The van der Waals surface area contributed by atoms with Crippen molar-refractivity contribution < 1.29 is 4.74 Å². The van der Waals surface area contributed by atoms with E-state index in [2.05, 4.69) is 15.0 Å². The van der Waals surface area contributed by atoms with E-state index >= 15 is 0 Å². The average molecular weight is 248 g/mol. The summed E-state index contributed by atoms with van der Waals surface area (Å²) in [7, 11) is 1.65. The van der Waals surface area contributed by atoms with E-state index in [4.69, 9.17) is 10.5 Å². The van der Waals surface area contributed by atoms with E-state index in [9.17, 15) is 0 Å². The number of aromatic nitrogens is 3. The molecule has 0 saturated carbocycles. The van der Waals surface area contributed by atoms with Crippen molar-refractivity contribution in [2.24, 2.45) is 0 Å². The number of benzene rings is 1. The molecule has 0 saturated heterocycles. The van der Waals surface area contributed by atoms with Crippen LogP contribution >= 0.6 is 11.8 Å². The second-order valence-corrected chi connectivity index (χ2v) is 4.21. The minimum Gasteiger partial charge on any atom is -0.497 e. The summed E-state index contributed by atoms with van der Waals surface area (Å²) in [5, 5.41) is 0.633. The number of anilines is 1. The van der Waals surface area contributed by atoms with Crippen molar-refractivity contribution in [3.63, 3.8) is 0 Å². The maximum atomic E-state index is 5.47. The molecule has 2 aromatic rings. The third kappa shape index (κ3) is 3.32. The predicted molar refractivity (Wildman–Crippen MR) is 66.8 cm³/mol. The molecule has 2 rings (SSSR count). The molecule has 1 aromatic carbocycles. The molecule has 0 unspecified atom stereocenters. The molecule has 0 aliphatic rings. The van der Waals surface area contributed by atoms with Crippen LogP contribution in [0, 0.1) is 0 Å². The summed E-state index contributed by atoms with van der Waals surface area (Å²) < 4.78 is 5.09. The van der Waals surface area contributed by atoms with Gasteiger partial charge < -0.3 is 10.5 Å². The molecule has 0 bridgehead atoms. The topological polar surface area (TPSA) is 73.9 Å². The summed E-state index contributed by atoms with van der Waals surface area (Å²) in [6.45, 7) is 0. The molecule has 0 fully saturated rings. The van der Waals surface area contributed by atoms with Gasteiger partial charge in [-0.1, -0.05) is 23.9 Å². The van der Waals surface area contributed by atoms with Crippen LogP contribution < -0.4 is 10.5 Å². The molecule has 88 valence electrons. The first-order valence-corrected chi connectivity index (χ1v) is 5.97. The highest BCUT2D eigenvalue weighted by molar-refractivity contribution is 7.98. The lowest BCUT2D eigenvalue weighted by molar-refractivity contribution is 0.414. The number of thioether (sulfide) groups is 1. The quantitative estimate of drug-likeness (QED) is 0.831. The summed E-state index contributed by atoms with van der Waals surface area (Å²) in [4.78, 5) is 11.8. The lowest BCUT2D eigenvalue weighted by Crippen LogP contribution is -1.97. The number of nitrogens with two attached hydrogens (primary N) is 1. The molecule has 17 heavy (non-hydrogen) atoms. The van der Waals surface area contributed by atoms with Crippen molar-refractivity contribution in [3.05, 3.63) is 36.2 Å². The predicted octanol–water partition coefficient (Wildman–Crippen LogP) is 1.75. The van der Waals surface area contributed by atoms with E-state index in [1.807, 2.05) is 24.3 Å². The lowest BCUT2D eigenvalue weighted by Gasteiger charge is -2.02. The standard InChI is InChI=1S/C11H12N4OS/c1-16-9-4-2-8(3-5-9)6-17-11-14-7-13-10(12)15-11/h2-5,7H,6H2,1H3,(H2,12,13,14,15). The number of hydrogen-bond acceptors (Lipinski definition) is 6. The fourth-order valence-corrected chi connectivity index (χ4v) is 2.00. The van der Waals surface area contributed by atoms with Gasteiger partial charge >= 0.3 is 0 Å². The third-order valence-electron chi connectivity index (χ3n) is 2.10. The summed E-state index contributed by atoms with van der Waals surface area (Å²) in [5.74, 6) is 1.88. The average Bonchev–Trinajstić information content (AvgIpc) is 2.37. The van der Waals surface area contributed by atoms with Gasteiger partial charge in [-0.05, 0) is 17.7 Å². The molecule has 0 atom stereocenters. The van der Waals surface area contributed by atoms with Crippen LogP contribution in [-0.4, -0.2) is 22.1 Å². The third-order valence-corrected chi connectivity index (χ3v) is 3.03. The van der Waals surface area contributed by atoms with Gasteiger partial charge in [-0.25, -0.2) is 9.97 Å². The second kappa shape index (κ2) is 5.49. The first-order chi connectivity index (χ1) is 8.28. The molecule has 5 nitrogen and oxygen atoms in total. The molecule has 0 radical (unpaired) electrons. The van der Waals surface area contributed by atoms with Crippen LogP contribution in [0.3, 0.4) is 0 Å².